The van der Waals surface area contributed by atoms with E-state index in [9.17, 15) is 29.2 Å². The molecule has 5 N–H and O–H groups in total. The molecule has 4 aromatic rings. The van der Waals surface area contributed by atoms with Crippen LogP contribution in [0, 0.1) is 0 Å². The van der Waals surface area contributed by atoms with Crippen LogP contribution in [0.2, 0.25) is 0 Å². The summed E-state index contributed by atoms with van der Waals surface area (Å²) in [4.78, 5) is 50.5. The van der Waals surface area contributed by atoms with Crippen LogP contribution in [-0.2, 0) is 46.3 Å². The van der Waals surface area contributed by atoms with E-state index in [1.807, 2.05) is 63.2 Å². The Morgan fingerprint density at radius 3 is 1.52 bits per heavy atom. The second kappa shape index (κ2) is 24.5. The molecule has 0 bridgehead atoms. The van der Waals surface area contributed by atoms with E-state index in [1.165, 1.54) is 12.5 Å². The molecule has 4 aliphatic heterocycles. The van der Waals surface area contributed by atoms with E-state index < -0.39 is 44.0 Å². The van der Waals surface area contributed by atoms with Gasteiger partial charge in [-0.25, -0.2) is 4.79 Å². The van der Waals surface area contributed by atoms with Gasteiger partial charge in [-0.3, -0.25) is 24.2 Å². The van der Waals surface area contributed by atoms with Gasteiger partial charge in [-0.1, -0.05) is 36.4 Å². The fraction of sp³-hybridized carbons (Fsp3) is 0.429. The maximum absolute atomic E-state index is 12.3. The highest BCUT2D eigenvalue weighted by Gasteiger charge is 2.38. The zero-order valence-electron chi connectivity index (χ0n) is 39.8. The Morgan fingerprint density at radius 1 is 0.667 bits per heavy atom. The third-order valence-corrected chi connectivity index (χ3v) is 11.3. The summed E-state index contributed by atoms with van der Waals surface area (Å²) in [6.07, 6.45) is -1.98. The van der Waals surface area contributed by atoms with E-state index in [4.69, 9.17) is 33.7 Å². The quantitative estimate of drug-likeness (QED) is 0.0922. The Labute approximate surface area is 403 Å². The lowest BCUT2D eigenvalue weighted by atomic mass is 9.79. The van der Waals surface area contributed by atoms with Crippen molar-refractivity contribution < 1.29 is 67.7 Å². The van der Waals surface area contributed by atoms with E-state index in [-0.39, 0.29) is 24.9 Å². The van der Waals surface area contributed by atoms with Crippen LogP contribution in [0.15, 0.2) is 84.9 Å². The van der Waals surface area contributed by atoms with Crippen molar-refractivity contribution in [1.82, 2.24) is 20.0 Å². The molecule has 0 spiro atoms. The number of carboxylic acid groups (broad SMARTS) is 2. The smallest absolute Gasteiger partial charge is 0.481 e. The molecular weight excluding hydrogens is 890 g/mol. The molecule has 4 aromatic carbocycles. The van der Waals surface area contributed by atoms with Gasteiger partial charge in [0.15, 0.2) is 0 Å². The lowest BCUT2D eigenvalue weighted by Crippen LogP contribution is -2.49. The first-order chi connectivity index (χ1) is 32.9. The average molecular weight is 953 g/mol. The number of benzene rings is 4. The molecule has 69 heavy (non-hydrogen) atoms. The second-order valence-electron chi connectivity index (χ2n) is 17.9. The summed E-state index contributed by atoms with van der Waals surface area (Å²) in [5, 5.41) is 41.7. The number of carboxylic acids is 2. The fourth-order valence-corrected chi connectivity index (χ4v) is 8.18. The number of carbonyl (C=O) groups excluding carboxylic acids is 2. The fourth-order valence-electron chi connectivity index (χ4n) is 8.18. The lowest BCUT2D eigenvalue weighted by molar-refractivity contribution is -0.141. The molecule has 0 saturated carbocycles. The van der Waals surface area contributed by atoms with Gasteiger partial charge in [0.1, 0.15) is 28.6 Å². The number of amides is 1. The molecule has 0 radical (unpaired) electrons. The van der Waals surface area contributed by atoms with E-state index in [1.54, 1.807) is 48.2 Å². The van der Waals surface area contributed by atoms with Crippen molar-refractivity contribution in [3.63, 3.8) is 0 Å². The minimum absolute atomic E-state index is 0.182. The zero-order chi connectivity index (χ0) is 49.7. The van der Waals surface area contributed by atoms with E-state index in [2.05, 4.69) is 25.9 Å². The number of hydrogen-bond donors (Lipinski definition) is 5. The third kappa shape index (κ3) is 16.0. The molecule has 2 unspecified atom stereocenters. The number of ether oxygens (including phenoxy) is 4. The summed E-state index contributed by atoms with van der Waals surface area (Å²) in [6.45, 7) is 17.7. The first-order valence-corrected chi connectivity index (χ1v) is 23.1. The summed E-state index contributed by atoms with van der Waals surface area (Å²) >= 11 is 0. The first kappa shape index (κ1) is 52.4. The van der Waals surface area contributed by atoms with Gasteiger partial charge in [0.25, 0.3) is 0 Å². The number of piperazine rings is 2. The van der Waals surface area contributed by atoms with Gasteiger partial charge in [0, 0.05) is 72.4 Å². The molecule has 20 heteroatoms. The monoisotopic (exact) mass is 952 g/mol. The maximum Gasteiger partial charge on any atom is 0.492 e. The molecule has 368 valence electrons. The molecular formula is C49H62B2N4O14. The number of nitrogens with zero attached hydrogens (tertiary/aromatic N) is 3. The van der Waals surface area contributed by atoms with Gasteiger partial charge in [0.2, 0.25) is 0 Å². The Bertz CT molecular complexity index is 2390. The van der Waals surface area contributed by atoms with Gasteiger partial charge in [-0.2, -0.15) is 0 Å². The summed E-state index contributed by atoms with van der Waals surface area (Å²) in [6, 6.07) is 26.2. The summed E-state index contributed by atoms with van der Waals surface area (Å²) < 4.78 is 32.6. The van der Waals surface area contributed by atoms with Crippen molar-refractivity contribution in [2.24, 2.45) is 0 Å². The van der Waals surface area contributed by atoms with Gasteiger partial charge in [0.05, 0.1) is 31.7 Å². The maximum atomic E-state index is 12.3. The van der Waals surface area contributed by atoms with Crippen LogP contribution in [0.5, 0.6) is 23.0 Å². The Balaban J connectivity index is 0.000000206. The van der Waals surface area contributed by atoms with Crippen molar-refractivity contribution in [3.05, 3.63) is 107 Å². The molecule has 2 atom stereocenters. The summed E-state index contributed by atoms with van der Waals surface area (Å²) in [7, 11) is -2.31. The number of esters is 1. The van der Waals surface area contributed by atoms with Crippen molar-refractivity contribution >= 4 is 49.2 Å². The van der Waals surface area contributed by atoms with Crippen LogP contribution in [0.3, 0.4) is 0 Å². The largest absolute Gasteiger partial charge is 0.492 e. The Hall–Kier alpha value is -5.99. The van der Waals surface area contributed by atoms with Crippen molar-refractivity contribution in [1.29, 1.82) is 0 Å². The topological polar surface area (TPSA) is 226 Å². The predicted molar refractivity (Wildman–Crippen MR) is 257 cm³/mol. The van der Waals surface area contributed by atoms with Gasteiger partial charge in [-0.05, 0) is 109 Å². The Morgan fingerprint density at radius 2 is 1.12 bits per heavy atom. The molecule has 0 aromatic heterocycles. The Kier molecular flexibility index (Phi) is 18.6. The van der Waals surface area contributed by atoms with Crippen molar-refractivity contribution in [2.75, 3.05) is 59.0 Å². The van der Waals surface area contributed by atoms with Gasteiger partial charge < -0.3 is 58.7 Å². The number of hydrogen-bond acceptors (Lipinski definition) is 15. The SMILES string of the molecule is CC(C)(C)OC(=O)N1CCN(Cc2cccc(Oc3ccc4c(c3)B(O)OC4CC(=O)O)c2)CC1.CCOC(C)=O.O=C(O)CC1OB(O)c2cc(Oc3cccc(CN4CCNCC4)c3)ccc21. The van der Waals surface area contributed by atoms with Crippen LogP contribution in [0.1, 0.15) is 81.9 Å². The highest BCUT2D eigenvalue weighted by Crippen LogP contribution is 2.32. The number of nitrogens with one attached hydrogen (secondary N) is 1. The number of aliphatic carboxylic acids is 2. The predicted octanol–water partition coefficient (Wildman–Crippen LogP) is 4.45. The van der Waals surface area contributed by atoms with E-state index in [0.717, 1.165) is 63.7 Å². The highest BCUT2D eigenvalue weighted by atomic mass is 16.6. The summed E-state index contributed by atoms with van der Waals surface area (Å²) in [5.74, 6) is 0.332. The molecule has 18 nitrogen and oxygen atoms in total. The molecule has 1 amide bonds. The van der Waals surface area contributed by atoms with Crippen LogP contribution in [0.4, 0.5) is 4.79 Å². The number of carbonyl (C=O) groups is 4. The number of rotatable bonds is 13. The molecule has 2 saturated heterocycles. The molecule has 8 rings (SSSR count). The average Bonchev–Trinajstić information content (AvgIpc) is 3.76. The van der Waals surface area contributed by atoms with Crippen LogP contribution >= 0.6 is 0 Å². The second-order valence-corrected chi connectivity index (χ2v) is 17.9. The standard InChI is InChI=1S/C25H31BN2O7.C20H23BN2O5.C4H8O2/c1-25(2,3)34-24(31)28-11-9-27(10-12-28)16-17-5-4-6-18(13-17)33-19-7-8-20-21(14-19)26(32)35-22(20)15-23(29)30;24-20(25)12-19-17-5-4-16(11-18(17)21(26)28-19)27-15-3-1-2-14(10-15)13-23-8-6-22-7-9-23;1-3-6-4(2)5/h4-8,13-14,22,32H,9-12,15-16H2,1-3H3,(H,29,30);1-5,10-11,19,22,26H,6-9,12-13H2,(H,24,25);3H2,1-2H3. The van der Waals surface area contributed by atoms with Crippen LogP contribution in [0.25, 0.3) is 0 Å². The van der Waals surface area contributed by atoms with Crippen LogP contribution < -0.4 is 25.7 Å². The van der Waals surface area contributed by atoms with E-state index in [0.29, 0.717) is 59.0 Å². The summed E-state index contributed by atoms with van der Waals surface area (Å²) in [5.41, 5.74) is 4.19. The number of fused-ring (bicyclic) bond motifs is 2. The van der Waals surface area contributed by atoms with E-state index >= 15 is 0 Å². The molecule has 2 fully saturated rings. The first-order valence-electron chi connectivity index (χ1n) is 23.1. The normalized spacial score (nSPS) is 17.9. The third-order valence-electron chi connectivity index (χ3n) is 11.3. The van der Waals surface area contributed by atoms with Gasteiger partial charge >= 0.3 is 38.2 Å². The molecule has 0 aliphatic carbocycles. The molecule has 4 heterocycles. The lowest BCUT2D eigenvalue weighted by Gasteiger charge is -2.35. The van der Waals surface area contributed by atoms with Crippen LogP contribution in [-0.4, -0.2) is 138 Å². The highest BCUT2D eigenvalue weighted by molar-refractivity contribution is 6.62. The van der Waals surface area contributed by atoms with Gasteiger partial charge in [-0.15, -0.1) is 0 Å². The molecule has 4 aliphatic rings. The zero-order valence-corrected chi connectivity index (χ0v) is 39.8. The van der Waals surface area contributed by atoms with Crippen molar-refractivity contribution in [3.8, 4) is 23.0 Å². The minimum atomic E-state index is -1.18. The minimum Gasteiger partial charge on any atom is -0.481 e. The van der Waals surface area contributed by atoms with Crippen molar-refractivity contribution in [2.45, 2.75) is 78.4 Å².